The quantitative estimate of drug-likeness (QED) is 0.847. The summed E-state index contributed by atoms with van der Waals surface area (Å²) in [5.41, 5.74) is 0.412. The second-order valence-electron chi connectivity index (χ2n) is 4.18. The molecule has 0 N–H and O–H groups in total. The van der Waals surface area contributed by atoms with Gasteiger partial charge in [-0.25, -0.2) is 14.3 Å². The van der Waals surface area contributed by atoms with Crippen molar-refractivity contribution in [1.29, 1.82) is 0 Å². The fraction of sp³-hybridized carbons (Fsp3) is 0.250. The summed E-state index contributed by atoms with van der Waals surface area (Å²) in [6.07, 6.45) is 0. The molecule has 0 radical (unpaired) electrons. The number of hydrogen-bond donors (Lipinski definition) is 0. The number of rotatable bonds is 2. The predicted molar refractivity (Wildman–Crippen MR) is 73.3 cm³/mol. The topological polar surface area (TPSA) is 60.1 Å². The smallest absolute Gasteiger partial charge is 0.285 e. The SMILES string of the molecule is CCn1c(=O)nc2n1C(=O)N(c1ccc(Br)cc1)C2. The Morgan fingerprint density at radius 3 is 2.58 bits per heavy atom. The van der Waals surface area contributed by atoms with Crippen LogP contribution in [0, 0.1) is 0 Å². The Kier molecular flexibility index (Phi) is 2.78. The molecule has 98 valence electrons. The van der Waals surface area contributed by atoms with Crippen molar-refractivity contribution < 1.29 is 4.79 Å². The second kappa shape index (κ2) is 4.34. The van der Waals surface area contributed by atoms with E-state index in [0.29, 0.717) is 18.9 Å². The van der Waals surface area contributed by atoms with Gasteiger partial charge in [0.05, 0.1) is 6.54 Å². The van der Waals surface area contributed by atoms with Gasteiger partial charge in [-0.15, -0.1) is 0 Å². The number of halogens is 1. The Morgan fingerprint density at radius 2 is 1.95 bits per heavy atom. The van der Waals surface area contributed by atoms with Crippen LogP contribution in [0.15, 0.2) is 33.5 Å². The average Bonchev–Trinajstić information content (AvgIpc) is 2.87. The normalized spacial score (nSPS) is 14.0. The first-order valence-electron chi connectivity index (χ1n) is 5.88. The highest BCUT2D eigenvalue weighted by Crippen LogP contribution is 2.24. The number of hydrogen-bond acceptors (Lipinski definition) is 3. The number of carbonyl (C=O) groups excluding carboxylic acids is 1. The molecule has 0 fully saturated rings. The molecule has 6 nitrogen and oxygen atoms in total. The summed E-state index contributed by atoms with van der Waals surface area (Å²) in [6.45, 7) is 2.56. The molecule has 1 amide bonds. The summed E-state index contributed by atoms with van der Waals surface area (Å²) >= 11 is 3.36. The Morgan fingerprint density at radius 1 is 1.26 bits per heavy atom. The van der Waals surface area contributed by atoms with Crippen LogP contribution in [0.1, 0.15) is 12.7 Å². The first kappa shape index (κ1) is 12.2. The Bertz CT molecular complexity index is 702. The molecular formula is C12H11BrN4O2. The van der Waals surface area contributed by atoms with Gasteiger partial charge in [0.1, 0.15) is 0 Å². The van der Waals surface area contributed by atoms with Crippen molar-refractivity contribution in [3.8, 4) is 0 Å². The molecule has 0 unspecified atom stereocenters. The lowest BCUT2D eigenvalue weighted by Gasteiger charge is -2.15. The van der Waals surface area contributed by atoms with Crippen LogP contribution in [0.3, 0.4) is 0 Å². The van der Waals surface area contributed by atoms with Crippen molar-refractivity contribution in [3.05, 3.63) is 45.0 Å². The molecular weight excluding hydrogens is 312 g/mol. The highest BCUT2D eigenvalue weighted by molar-refractivity contribution is 9.10. The number of nitrogens with zero attached hydrogens (tertiary/aromatic N) is 4. The average molecular weight is 323 g/mol. The van der Waals surface area contributed by atoms with E-state index in [1.165, 1.54) is 9.36 Å². The van der Waals surface area contributed by atoms with E-state index in [-0.39, 0.29) is 11.7 Å². The van der Waals surface area contributed by atoms with Crippen molar-refractivity contribution in [2.24, 2.45) is 0 Å². The molecule has 1 aliphatic rings. The number of amides is 1. The molecule has 2 heterocycles. The van der Waals surface area contributed by atoms with Crippen molar-refractivity contribution in [2.75, 3.05) is 4.90 Å². The molecule has 0 spiro atoms. The van der Waals surface area contributed by atoms with Crippen LogP contribution in [-0.2, 0) is 13.1 Å². The summed E-state index contributed by atoms with van der Waals surface area (Å²) in [5.74, 6) is 0.486. The van der Waals surface area contributed by atoms with Gasteiger partial charge in [-0.1, -0.05) is 15.9 Å². The minimum atomic E-state index is -0.374. The standard InChI is InChI=1S/C12H11BrN4O2/c1-2-16-11(18)14-10-7-15(12(19)17(10)16)9-5-3-8(13)4-6-9/h3-6H,2,7H2,1H3. The molecule has 2 aromatic rings. The van der Waals surface area contributed by atoms with Crippen LogP contribution >= 0.6 is 15.9 Å². The van der Waals surface area contributed by atoms with Gasteiger partial charge in [-0.05, 0) is 31.2 Å². The largest absolute Gasteiger partial charge is 0.364 e. The van der Waals surface area contributed by atoms with Gasteiger partial charge in [0.15, 0.2) is 5.82 Å². The van der Waals surface area contributed by atoms with Gasteiger partial charge in [-0.3, -0.25) is 4.90 Å². The second-order valence-corrected chi connectivity index (χ2v) is 5.10. The summed E-state index contributed by atoms with van der Waals surface area (Å²) in [7, 11) is 0. The molecule has 1 aromatic carbocycles. The minimum Gasteiger partial charge on any atom is -0.285 e. The van der Waals surface area contributed by atoms with Crippen LogP contribution < -0.4 is 10.6 Å². The monoisotopic (exact) mass is 322 g/mol. The van der Waals surface area contributed by atoms with Crippen molar-refractivity contribution >= 4 is 27.6 Å². The molecule has 0 bridgehead atoms. The van der Waals surface area contributed by atoms with Crippen LogP contribution in [0.4, 0.5) is 10.5 Å². The Labute approximate surface area is 117 Å². The van der Waals surface area contributed by atoms with Crippen LogP contribution in [-0.4, -0.2) is 20.4 Å². The van der Waals surface area contributed by atoms with Gasteiger partial charge < -0.3 is 0 Å². The third-order valence-corrected chi connectivity index (χ3v) is 3.61. The van der Waals surface area contributed by atoms with E-state index in [1.54, 1.807) is 4.90 Å². The van der Waals surface area contributed by atoms with E-state index in [1.807, 2.05) is 31.2 Å². The first-order chi connectivity index (χ1) is 9.11. The van der Waals surface area contributed by atoms with Gasteiger partial charge >= 0.3 is 11.7 Å². The van der Waals surface area contributed by atoms with Crippen LogP contribution in [0.25, 0.3) is 0 Å². The summed E-state index contributed by atoms with van der Waals surface area (Å²) in [6, 6.07) is 7.20. The van der Waals surface area contributed by atoms with E-state index >= 15 is 0 Å². The Balaban J connectivity index is 2.02. The lowest BCUT2D eigenvalue weighted by Crippen LogP contribution is -2.33. The van der Waals surface area contributed by atoms with Crippen molar-refractivity contribution in [3.63, 3.8) is 0 Å². The predicted octanol–water partition coefficient (Wildman–Crippen LogP) is 1.82. The molecule has 7 heteroatoms. The molecule has 0 aliphatic carbocycles. The van der Waals surface area contributed by atoms with Gasteiger partial charge in [-0.2, -0.15) is 9.67 Å². The summed E-state index contributed by atoms with van der Waals surface area (Å²) in [5, 5.41) is 0. The Hall–Kier alpha value is -1.89. The van der Waals surface area contributed by atoms with E-state index in [9.17, 15) is 9.59 Å². The van der Waals surface area contributed by atoms with Crippen molar-refractivity contribution in [2.45, 2.75) is 20.0 Å². The lowest BCUT2D eigenvalue weighted by molar-refractivity contribution is 0.244. The number of benzene rings is 1. The molecule has 0 atom stereocenters. The van der Waals surface area contributed by atoms with Gasteiger partial charge in [0.2, 0.25) is 0 Å². The van der Waals surface area contributed by atoms with Gasteiger partial charge in [0, 0.05) is 16.7 Å². The molecule has 1 aromatic heterocycles. The molecule has 3 rings (SSSR count). The summed E-state index contributed by atoms with van der Waals surface area (Å²) in [4.78, 5) is 29.4. The highest BCUT2D eigenvalue weighted by atomic mass is 79.9. The van der Waals surface area contributed by atoms with Crippen LogP contribution in [0.5, 0.6) is 0 Å². The zero-order valence-corrected chi connectivity index (χ0v) is 11.8. The number of fused-ring (bicyclic) bond motifs is 1. The van der Waals surface area contributed by atoms with Crippen LogP contribution in [0.2, 0.25) is 0 Å². The maximum absolute atomic E-state index is 12.4. The zero-order chi connectivity index (χ0) is 13.6. The fourth-order valence-electron chi connectivity index (χ4n) is 2.18. The molecule has 19 heavy (non-hydrogen) atoms. The van der Waals surface area contributed by atoms with E-state index in [0.717, 1.165) is 10.2 Å². The minimum absolute atomic E-state index is 0.242. The first-order valence-corrected chi connectivity index (χ1v) is 6.67. The fourth-order valence-corrected chi connectivity index (χ4v) is 2.44. The lowest BCUT2D eigenvalue weighted by atomic mass is 10.3. The van der Waals surface area contributed by atoms with Crippen molar-refractivity contribution in [1.82, 2.24) is 14.3 Å². The third-order valence-electron chi connectivity index (χ3n) is 3.08. The number of aromatic nitrogens is 3. The van der Waals surface area contributed by atoms with Gasteiger partial charge in [0.25, 0.3) is 0 Å². The highest BCUT2D eigenvalue weighted by Gasteiger charge is 2.32. The van der Waals surface area contributed by atoms with E-state index < -0.39 is 0 Å². The van der Waals surface area contributed by atoms with E-state index in [4.69, 9.17) is 0 Å². The third kappa shape index (κ3) is 1.81. The number of carbonyl (C=O) groups is 1. The molecule has 0 saturated heterocycles. The maximum atomic E-state index is 12.4. The zero-order valence-electron chi connectivity index (χ0n) is 10.2. The summed E-state index contributed by atoms with van der Waals surface area (Å²) < 4.78 is 3.65. The molecule has 0 saturated carbocycles. The number of anilines is 1. The maximum Gasteiger partial charge on any atom is 0.364 e. The molecule has 1 aliphatic heterocycles. The van der Waals surface area contributed by atoms with E-state index in [2.05, 4.69) is 20.9 Å².